The molecule has 2 nitrogen and oxygen atoms in total. The van der Waals surface area contributed by atoms with E-state index in [1.54, 1.807) is 0 Å². The zero-order valence-electron chi connectivity index (χ0n) is 11.8. The first-order chi connectivity index (χ1) is 9.36. The van der Waals surface area contributed by atoms with Gasteiger partial charge in [-0.15, -0.1) is 0 Å². The van der Waals surface area contributed by atoms with Crippen LogP contribution in [-0.2, 0) is 11.3 Å². The van der Waals surface area contributed by atoms with E-state index < -0.39 is 0 Å². The Hall–Kier alpha value is -1.80. The van der Waals surface area contributed by atoms with Crippen LogP contribution in [0, 0.1) is 0 Å². The summed E-state index contributed by atoms with van der Waals surface area (Å²) in [7, 11) is 0. The van der Waals surface area contributed by atoms with Gasteiger partial charge in [-0.25, -0.2) is 0 Å². The van der Waals surface area contributed by atoms with Gasteiger partial charge in [-0.2, -0.15) is 0 Å². The normalized spacial score (nSPS) is 9.37. The van der Waals surface area contributed by atoms with Crippen molar-refractivity contribution in [1.29, 1.82) is 0 Å². The Bertz CT molecular complexity index is 420. The standard InChI is InChI=1S/C9H12O.C8H11N.H2/c1-2-10-8-9-6-4-3-5-7-9;1-2-9-8-6-4-3-5-7-8;/h3-7H,2,8H2,1H3;3-7,9H,2H2,1H3;1H. The summed E-state index contributed by atoms with van der Waals surface area (Å²) < 4.78 is 5.22. The van der Waals surface area contributed by atoms with Crippen molar-refractivity contribution in [2.75, 3.05) is 18.5 Å². The summed E-state index contributed by atoms with van der Waals surface area (Å²) in [6.45, 7) is 6.60. The van der Waals surface area contributed by atoms with E-state index in [-0.39, 0.29) is 1.43 Å². The molecule has 0 atom stereocenters. The summed E-state index contributed by atoms with van der Waals surface area (Å²) in [4.78, 5) is 0. The highest BCUT2D eigenvalue weighted by molar-refractivity contribution is 5.41. The highest BCUT2D eigenvalue weighted by atomic mass is 16.5. The van der Waals surface area contributed by atoms with Gasteiger partial charge in [0, 0.05) is 20.3 Å². The van der Waals surface area contributed by atoms with Gasteiger partial charge in [-0.3, -0.25) is 0 Å². The highest BCUT2D eigenvalue weighted by Crippen LogP contribution is 2.03. The largest absolute Gasteiger partial charge is 0.385 e. The lowest BCUT2D eigenvalue weighted by Gasteiger charge is -1.99. The molecule has 0 aliphatic rings. The number of benzene rings is 2. The molecular formula is C17H25NO. The second-order valence-electron chi connectivity index (χ2n) is 4.02. The Balaban J connectivity index is 0.000000345. The van der Waals surface area contributed by atoms with E-state index in [1.807, 2.05) is 43.3 Å². The summed E-state index contributed by atoms with van der Waals surface area (Å²) >= 11 is 0. The van der Waals surface area contributed by atoms with E-state index in [0.29, 0.717) is 0 Å². The molecule has 1 N–H and O–H groups in total. The first-order valence-corrected chi connectivity index (χ1v) is 6.77. The third-order valence-electron chi connectivity index (χ3n) is 2.47. The Morgan fingerprint density at radius 2 is 1.47 bits per heavy atom. The number of para-hydroxylation sites is 1. The van der Waals surface area contributed by atoms with E-state index in [4.69, 9.17) is 4.74 Å². The minimum Gasteiger partial charge on any atom is -0.385 e. The number of anilines is 1. The minimum absolute atomic E-state index is 0. The zero-order chi connectivity index (χ0) is 13.8. The van der Waals surface area contributed by atoms with Gasteiger partial charge in [0.05, 0.1) is 6.61 Å². The van der Waals surface area contributed by atoms with Gasteiger partial charge in [0.25, 0.3) is 0 Å². The van der Waals surface area contributed by atoms with E-state index >= 15 is 0 Å². The number of rotatable bonds is 5. The molecule has 2 rings (SSSR count). The second-order valence-corrected chi connectivity index (χ2v) is 4.02. The van der Waals surface area contributed by atoms with E-state index in [0.717, 1.165) is 19.8 Å². The molecule has 0 saturated carbocycles. The summed E-state index contributed by atoms with van der Waals surface area (Å²) in [5, 5.41) is 3.21. The summed E-state index contributed by atoms with van der Waals surface area (Å²) in [6, 6.07) is 20.4. The van der Waals surface area contributed by atoms with Crippen LogP contribution in [0.2, 0.25) is 0 Å². The van der Waals surface area contributed by atoms with Crippen molar-refractivity contribution >= 4 is 5.69 Å². The van der Waals surface area contributed by atoms with Crippen LogP contribution >= 0.6 is 0 Å². The maximum Gasteiger partial charge on any atom is 0.0716 e. The monoisotopic (exact) mass is 259 g/mol. The molecule has 0 aliphatic carbocycles. The van der Waals surface area contributed by atoms with Crippen molar-refractivity contribution in [3.05, 3.63) is 66.2 Å². The predicted molar refractivity (Wildman–Crippen MR) is 84.5 cm³/mol. The molecule has 2 aromatic carbocycles. The van der Waals surface area contributed by atoms with Crippen LogP contribution in [0.25, 0.3) is 0 Å². The van der Waals surface area contributed by atoms with Crippen molar-refractivity contribution in [1.82, 2.24) is 0 Å². The fourth-order valence-corrected chi connectivity index (χ4v) is 1.55. The summed E-state index contributed by atoms with van der Waals surface area (Å²) in [5.74, 6) is 0. The third kappa shape index (κ3) is 7.27. The molecule has 0 unspecified atom stereocenters. The van der Waals surface area contributed by atoms with Crippen molar-refractivity contribution < 1.29 is 6.16 Å². The third-order valence-corrected chi connectivity index (χ3v) is 2.47. The van der Waals surface area contributed by atoms with Gasteiger partial charge >= 0.3 is 0 Å². The number of ether oxygens (including phenoxy) is 1. The van der Waals surface area contributed by atoms with Crippen molar-refractivity contribution in [2.24, 2.45) is 0 Å². The van der Waals surface area contributed by atoms with Crippen LogP contribution < -0.4 is 5.32 Å². The molecule has 0 radical (unpaired) electrons. The summed E-state index contributed by atoms with van der Waals surface area (Å²) in [5.41, 5.74) is 2.43. The minimum atomic E-state index is 0. The van der Waals surface area contributed by atoms with Crippen LogP contribution in [0.4, 0.5) is 5.69 Å². The zero-order valence-corrected chi connectivity index (χ0v) is 11.8. The topological polar surface area (TPSA) is 21.3 Å². The van der Waals surface area contributed by atoms with Crippen LogP contribution in [0.3, 0.4) is 0 Å². The Labute approximate surface area is 117 Å². The molecule has 0 bridgehead atoms. The molecule has 0 aromatic heterocycles. The fraction of sp³-hybridized carbons (Fsp3) is 0.294. The molecule has 19 heavy (non-hydrogen) atoms. The SMILES string of the molecule is CCNc1ccccc1.CCOCc1ccccc1.[HH]. The number of hydrogen-bond acceptors (Lipinski definition) is 2. The fourth-order valence-electron chi connectivity index (χ4n) is 1.55. The van der Waals surface area contributed by atoms with Gasteiger partial charge in [-0.1, -0.05) is 48.5 Å². The molecule has 104 valence electrons. The Morgan fingerprint density at radius 1 is 0.895 bits per heavy atom. The smallest absolute Gasteiger partial charge is 0.0716 e. The van der Waals surface area contributed by atoms with Crippen molar-refractivity contribution in [2.45, 2.75) is 20.5 Å². The molecule has 0 aliphatic heterocycles. The van der Waals surface area contributed by atoms with Gasteiger partial charge < -0.3 is 10.1 Å². The second kappa shape index (κ2) is 10.2. The number of nitrogens with one attached hydrogen (secondary N) is 1. The molecular weight excluding hydrogens is 234 g/mol. The molecule has 0 saturated heterocycles. The Morgan fingerprint density at radius 3 is 2.00 bits per heavy atom. The highest BCUT2D eigenvalue weighted by Gasteiger charge is 1.87. The first kappa shape index (κ1) is 15.3. The first-order valence-electron chi connectivity index (χ1n) is 6.77. The predicted octanol–water partition coefficient (Wildman–Crippen LogP) is 4.59. The van der Waals surface area contributed by atoms with Gasteiger partial charge in [-0.05, 0) is 31.5 Å². The van der Waals surface area contributed by atoms with Gasteiger partial charge in [0.15, 0.2) is 0 Å². The average molecular weight is 259 g/mol. The van der Waals surface area contributed by atoms with Crippen LogP contribution in [0.5, 0.6) is 0 Å². The van der Waals surface area contributed by atoms with E-state index in [1.165, 1.54) is 11.3 Å². The molecule has 0 heterocycles. The van der Waals surface area contributed by atoms with Crippen molar-refractivity contribution in [3.8, 4) is 0 Å². The maximum absolute atomic E-state index is 5.22. The molecule has 2 heteroatoms. The van der Waals surface area contributed by atoms with Gasteiger partial charge in [0.2, 0.25) is 0 Å². The van der Waals surface area contributed by atoms with Crippen LogP contribution in [-0.4, -0.2) is 13.2 Å². The Kier molecular flexibility index (Phi) is 8.15. The van der Waals surface area contributed by atoms with Crippen LogP contribution in [0.15, 0.2) is 60.7 Å². The molecule has 0 amide bonds. The lowest BCUT2D eigenvalue weighted by Crippen LogP contribution is -1.94. The quantitative estimate of drug-likeness (QED) is 0.848. The maximum atomic E-state index is 5.22. The molecule has 0 spiro atoms. The van der Waals surface area contributed by atoms with Crippen molar-refractivity contribution in [3.63, 3.8) is 0 Å². The number of hydrogen-bond donors (Lipinski definition) is 1. The van der Waals surface area contributed by atoms with Gasteiger partial charge in [0.1, 0.15) is 0 Å². The van der Waals surface area contributed by atoms with E-state index in [2.05, 4.69) is 36.5 Å². The lowest BCUT2D eigenvalue weighted by molar-refractivity contribution is 0.134. The molecule has 0 fully saturated rings. The van der Waals surface area contributed by atoms with Crippen LogP contribution in [0.1, 0.15) is 20.8 Å². The molecule has 2 aromatic rings. The summed E-state index contributed by atoms with van der Waals surface area (Å²) in [6.07, 6.45) is 0. The van der Waals surface area contributed by atoms with E-state index in [9.17, 15) is 0 Å². The lowest BCUT2D eigenvalue weighted by atomic mass is 10.2. The average Bonchev–Trinajstić information content (AvgIpc) is 2.48.